The van der Waals surface area contributed by atoms with Crippen LogP contribution < -0.4 is 10.2 Å². The van der Waals surface area contributed by atoms with Crippen LogP contribution in [0.3, 0.4) is 0 Å². The summed E-state index contributed by atoms with van der Waals surface area (Å²) in [5.41, 5.74) is 1.39. The summed E-state index contributed by atoms with van der Waals surface area (Å²) in [6.45, 7) is 4.70. The number of piperidine rings is 1. The van der Waals surface area contributed by atoms with E-state index in [2.05, 4.69) is 47.5 Å². The van der Waals surface area contributed by atoms with E-state index < -0.39 is 0 Å². The molecule has 2 unspecified atom stereocenters. The zero-order valence-corrected chi connectivity index (χ0v) is 12.0. The highest BCUT2D eigenvalue weighted by Crippen LogP contribution is 2.35. The lowest BCUT2D eigenvalue weighted by molar-refractivity contribution is 0.402. The van der Waals surface area contributed by atoms with E-state index in [4.69, 9.17) is 0 Å². The monoisotopic (exact) mass is 258 g/mol. The third-order valence-corrected chi connectivity index (χ3v) is 4.65. The molecule has 0 amide bonds. The van der Waals surface area contributed by atoms with Gasteiger partial charge in [0.2, 0.25) is 0 Å². The number of hydrogen-bond acceptors (Lipinski definition) is 2. The van der Waals surface area contributed by atoms with Gasteiger partial charge >= 0.3 is 0 Å². The summed E-state index contributed by atoms with van der Waals surface area (Å²) in [4.78, 5) is 2.52. The first-order valence-corrected chi connectivity index (χ1v) is 7.93. The first-order chi connectivity index (χ1) is 9.36. The van der Waals surface area contributed by atoms with Crippen LogP contribution in [-0.2, 0) is 0 Å². The number of nitrogens with one attached hydrogen (secondary N) is 1. The fraction of sp³-hybridized carbons (Fsp3) is 0.647. The Kier molecular flexibility index (Phi) is 4.07. The van der Waals surface area contributed by atoms with Crippen LogP contribution in [0.15, 0.2) is 30.3 Å². The van der Waals surface area contributed by atoms with Gasteiger partial charge in [-0.15, -0.1) is 0 Å². The van der Waals surface area contributed by atoms with Gasteiger partial charge in [-0.25, -0.2) is 0 Å². The van der Waals surface area contributed by atoms with Gasteiger partial charge in [-0.05, 0) is 43.7 Å². The SMILES string of the molecule is CCCC1CC1NC1CCN(c2ccccc2)CC1. The van der Waals surface area contributed by atoms with Crippen molar-refractivity contribution < 1.29 is 0 Å². The van der Waals surface area contributed by atoms with Crippen LogP contribution in [0.1, 0.15) is 39.0 Å². The molecule has 1 heterocycles. The maximum absolute atomic E-state index is 3.87. The van der Waals surface area contributed by atoms with Crippen molar-refractivity contribution in [2.45, 2.75) is 51.1 Å². The third kappa shape index (κ3) is 3.30. The standard InChI is InChI=1S/C17H26N2/c1-2-6-14-13-17(14)18-15-9-11-19(12-10-15)16-7-4-3-5-8-16/h3-5,7-8,14-15,17-18H,2,6,9-13H2,1H3. The van der Waals surface area contributed by atoms with Crippen molar-refractivity contribution in [3.05, 3.63) is 30.3 Å². The van der Waals surface area contributed by atoms with Gasteiger partial charge in [0.15, 0.2) is 0 Å². The first-order valence-electron chi connectivity index (χ1n) is 7.93. The molecule has 3 rings (SSSR count). The number of benzene rings is 1. The Morgan fingerprint density at radius 1 is 1.16 bits per heavy atom. The molecule has 2 fully saturated rings. The summed E-state index contributed by atoms with van der Waals surface area (Å²) in [6, 6.07) is 12.4. The van der Waals surface area contributed by atoms with Gasteiger partial charge in [0.25, 0.3) is 0 Å². The third-order valence-electron chi connectivity index (χ3n) is 4.65. The van der Waals surface area contributed by atoms with E-state index in [9.17, 15) is 0 Å². The molecule has 1 N–H and O–H groups in total. The molecular weight excluding hydrogens is 232 g/mol. The molecule has 2 aliphatic rings. The highest BCUT2D eigenvalue weighted by atomic mass is 15.2. The number of rotatable bonds is 5. The molecule has 19 heavy (non-hydrogen) atoms. The van der Waals surface area contributed by atoms with E-state index in [1.807, 2.05) is 0 Å². The van der Waals surface area contributed by atoms with Crippen LogP contribution in [-0.4, -0.2) is 25.2 Å². The van der Waals surface area contributed by atoms with Crippen molar-refractivity contribution in [2.75, 3.05) is 18.0 Å². The summed E-state index contributed by atoms with van der Waals surface area (Å²) in [5, 5.41) is 3.87. The normalized spacial score (nSPS) is 27.5. The molecule has 0 bridgehead atoms. The summed E-state index contributed by atoms with van der Waals surface area (Å²) in [6.07, 6.45) is 6.77. The molecule has 0 aromatic heterocycles. The minimum absolute atomic E-state index is 0.756. The molecule has 1 saturated carbocycles. The number of hydrogen-bond donors (Lipinski definition) is 1. The molecular formula is C17H26N2. The van der Waals surface area contributed by atoms with Crippen molar-refractivity contribution in [3.8, 4) is 0 Å². The zero-order valence-electron chi connectivity index (χ0n) is 12.0. The summed E-state index contributed by atoms with van der Waals surface area (Å²) < 4.78 is 0. The molecule has 104 valence electrons. The first kappa shape index (κ1) is 13.0. The van der Waals surface area contributed by atoms with E-state index in [-0.39, 0.29) is 0 Å². The molecule has 0 spiro atoms. The van der Waals surface area contributed by atoms with Gasteiger partial charge in [0.05, 0.1) is 0 Å². The lowest BCUT2D eigenvalue weighted by Crippen LogP contribution is -2.43. The predicted molar refractivity (Wildman–Crippen MR) is 81.6 cm³/mol. The van der Waals surface area contributed by atoms with Crippen molar-refractivity contribution >= 4 is 5.69 Å². The van der Waals surface area contributed by atoms with Crippen molar-refractivity contribution in [2.24, 2.45) is 5.92 Å². The van der Waals surface area contributed by atoms with E-state index in [1.165, 1.54) is 50.9 Å². The molecule has 1 aromatic rings. The van der Waals surface area contributed by atoms with E-state index in [0.717, 1.165) is 18.0 Å². The van der Waals surface area contributed by atoms with Gasteiger partial charge in [0, 0.05) is 30.9 Å². The minimum Gasteiger partial charge on any atom is -0.371 e. The lowest BCUT2D eigenvalue weighted by atomic mass is 10.0. The fourth-order valence-corrected chi connectivity index (χ4v) is 3.39. The highest BCUT2D eigenvalue weighted by molar-refractivity contribution is 5.46. The van der Waals surface area contributed by atoms with Gasteiger partial charge < -0.3 is 10.2 Å². The summed E-state index contributed by atoms with van der Waals surface area (Å²) in [7, 11) is 0. The Hall–Kier alpha value is -1.02. The fourth-order valence-electron chi connectivity index (χ4n) is 3.39. The van der Waals surface area contributed by atoms with Crippen molar-refractivity contribution in [3.63, 3.8) is 0 Å². The van der Waals surface area contributed by atoms with Crippen LogP contribution in [0.4, 0.5) is 5.69 Å². The molecule has 2 nitrogen and oxygen atoms in total. The number of nitrogens with zero attached hydrogens (tertiary/aromatic N) is 1. The van der Waals surface area contributed by atoms with Crippen molar-refractivity contribution in [1.82, 2.24) is 5.32 Å². The average molecular weight is 258 g/mol. The molecule has 2 atom stereocenters. The van der Waals surface area contributed by atoms with Gasteiger partial charge in [-0.3, -0.25) is 0 Å². The second-order valence-corrected chi connectivity index (χ2v) is 6.15. The van der Waals surface area contributed by atoms with Gasteiger partial charge in [-0.2, -0.15) is 0 Å². The van der Waals surface area contributed by atoms with Crippen LogP contribution in [0.2, 0.25) is 0 Å². The molecule has 1 aliphatic carbocycles. The van der Waals surface area contributed by atoms with Crippen LogP contribution in [0.25, 0.3) is 0 Å². The van der Waals surface area contributed by atoms with Crippen LogP contribution >= 0.6 is 0 Å². The smallest absolute Gasteiger partial charge is 0.0366 e. The molecule has 1 aliphatic heterocycles. The summed E-state index contributed by atoms with van der Waals surface area (Å²) >= 11 is 0. The Balaban J connectivity index is 1.43. The zero-order chi connectivity index (χ0) is 13.1. The maximum Gasteiger partial charge on any atom is 0.0366 e. The predicted octanol–water partition coefficient (Wildman–Crippen LogP) is 3.43. The highest BCUT2D eigenvalue weighted by Gasteiger charge is 2.37. The molecule has 1 saturated heterocycles. The second-order valence-electron chi connectivity index (χ2n) is 6.15. The molecule has 1 aromatic carbocycles. The molecule has 0 radical (unpaired) electrons. The Morgan fingerprint density at radius 2 is 1.89 bits per heavy atom. The second kappa shape index (κ2) is 5.96. The lowest BCUT2D eigenvalue weighted by Gasteiger charge is -2.34. The largest absolute Gasteiger partial charge is 0.371 e. The number of anilines is 1. The van der Waals surface area contributed by atoms with E-state index in [0.29, 0.717) is 0 Å². The van der Waals surface area contributed by atoms with E-state index in [1.54, 1.807) is 0 Å². The minimum atomic E-state index is 0.756. The Morgan fingerprint density at radius 3 is 2.58 bits per heavy atom. The Bertz CT molecular complexity index is 382. The number of para-hydroxylation sites is 1. The van der Waals surface area contributed by atoms with Crippen LogP contribution in [0.5, 0.6) is 0 Å². The Labute approximate surface area is 117 Å². The van der Waals surface area contributed by atoms with Crippen molar-refractivity contribution in [1.29, 1.82) is 0 Å². The van der Waals surface area contributed by atoms with Crippen LogP contribution in [0, 0.1) is 5.92 Å². The van der Waals surface area contributed by atoms with E-state index >= 15 is 0 Å². The maximum atomic E-state index is 3.87. The molecule has 2 heteroatoms. The average Bonchev–Trinajstić information content (AvgIpc) is 3.19. The summed E-state index contributed by atoms with van der Waals surface area (Å²) in [5.74, 6) is 0.983. The van der Waals surface area contributed by atoms with Gasteiger partial charge in [-0.1, -0.05) is 31.5 Å². The quantitative estimate of drug-likeness (QED) is 0.870. The van der Waals surface area contributed by atoms with Gasteiger partial charge in [0.1, 0.15) is 0 Å². The topological polar surface area (TPSA) is 15.3 Å².